The first-order chi connectivity index (χ1) is 12.7. The van der Waals surface area contributed by atoms with Crippen LogP contribution < -0.4 is 20.1 Å². The second kappa shape index (κ2) is 16.9. The Hall–Kier alpha value is -1.22. The van der Waals surface area contributed by atoms with Gasteiger partial charge in [-0.1, -0.05) is 6.07 Å². The molecule has 0 radical (unpaired) electrons. The summed E-state index contributed by atoms with van der Waals surface area (Å²) in [5.41, 5.74) is 1.23. The summed E-state index contributed by atoms with van der Waals surface area (Å²) < 4.78 is 16.0. The molecule has 0 saturated heterocycles. The molecule has 0 bridgehead atoms. The van der Waals surface area contributed by atoms with Crippen LogP contribution in [0.15, 0.2) is 23.2 Å². The second-order valence-corrected chi connectivity index (χ2v) is 5.88. The van der Waals surface area contributed by atoms with E-state index >= 15 is 0 Å². The van der Waals surface area contributed by atoms with E-state index in [9.17, 15) is 0 Å². The molecule has 6 nitrogen and oxygen atoms in total. The third-order valence-corrected chi connectivity index (χ3v) is 3.90. The Morgan fingerprint density at radius 2 is 1.78 bits per heavy atom. The van der Waals surface area contributed by atoms with Gasteiger partial charge < -0.3 is 24.8 Å². The van der Waals surface area contributed by atoms with E-state index in [0.717, 1.165) is 76.0 Å². The first kappa shape index (κ1) is 25.8. The van der Waals surface area contributed by atoms with Crippen LogP contribution in [0.5, 0.6) is 11.5 Å². The number of guanidine groups is 1. The highest BCUT2D eigenvalue weighted by molar-refractivity contribution is 14.0. The fraction of sp³-hybridized carbons (Fsp3) is 0.650. The van der Waals surface area contributed by atoms with Crippen molar-refractivity contribution in [1.29, 1.82) is 0 Å². The minimum Gasteiger partial charge on any atom is -0.493 e. The average Bonchev–Trinajstić information content (AvgIpc) is 2.67. The number of nitrogens with zero attached hydrogens (tertiary/aromatic N) is 1. The van der Waals surface area contributed by atoms with Gasteiger partial charge in [-0.05, 0) is 57.2 Å². The highest BCUT2D eigenvalue weighted by atomic mass is 127. The lowest BCUT2D eigenvalue weighted by Crippen LogP contribution is -2.38. The largest absolute Gasteiger partial charge is 0.493 e. The molecule has 0 spiro atoms. The van der Waals surface area contributed by atoms with Crippen molar-refractivity contribution in [2.75, 3.05) is 47.1 Å². The van der Waals surface area contributed by atoms with Crippen LogP contribution in [0.25, 0.3) is 0 Å². The van der Waals surface area contributed by atoms with E-state index in [4.69, 9.17) is 14.2 Å². The van der Waals surface area contributed by atoms with Crippen molar-refractivity contribution in [2.24, 2.45) is 4.99 Å². The molecule has 0 fully saturated rings. The molecule has 0 amide bonds. The van der Waals surface area contributed by atoms with Gasteiger partial charge >= 0.3 is 0 Å². The van der Waals surface area contributed by atoms with Crippen molar-refractivity contribution in [1.82, 2.24) is 10.6 Å². The van der Waals surface area contributed by atoms with Gasteiger partial charge in [0, 0.05) is 32.8 Å². The first-order valence-electron chi connectivity index (χ1n) is 9.55. The molecule has 27 heavy (non-hydrogen) atoms. The van der Waals surface area contributed by atoms with E-state index in [2.05, 4.69) is 28.6 Å². The zero-order chi connectivity index (χ0) is 19.0. The van der Waals surface area contributed by atoms with Gasteiger partial charge in [0.25, 0.3) is 0 Å². The normalized spacial score (nSPS) is 10.9. The summed E-state index contributed by atoms with van der Waals surface area (Å²) in [4.78, 5) is 4.65. The standard InChI is InChI=1S/C20H35N3O3.HI/c1-5-21-20(22-13-7-8-15-26-6-2)23-14-9-10-17-11-12-18(24-3)19(16-17)25-4;/h11-12,16H,5-10,13-15H2,1-4H3,(H2,21,22,23);1H. The van der Waals surface area contributed by atoms with Crippen molar-refractivity contribution in [2.45, 2.75) is 39.5 Å². The molecule has 0 aliphatic rings. The summed E-state index contributed by atoms with van der Waals surface area (Å²) in [6.07, 6.45) is 4.09. The fourth-order valence-corrected chi connectivity index (χ4v) is 2.53. The predicted molar refractivity (Wildman–Crippen MR) is 123 cm³/mol. The number of aryl methyl sites for hydroxylation is 1. The number of benzene rings is 1. The van der Waals surface area contributed by atoms with Gasteiger partial charge in [-0.3, -0.25) is 4.99 Å². The number of nitrogens with one attached hydrogen (secondary N) is 2. The van der Waals surface area contributed by atoms with Crippen LogP contribution in [0.2, 0.25) is 0 Å². The molecular formula is C20H36IN3O3. The first-order valence-corrected chi connectivity index (χ1v) is 9.55. The minimum absolute atomic E-state index is 0. The van der Waals surface area contributed by atoms with Crippen LogP contribution in [0, 0.1) is 0 Å². The Labute approximate surface area is 181 Å². The maximum absolute atomic E-state index is 5.35. The van der Waals surface area contributed by atoms with Gasteiger partial charge in [0.15, 0.2) is 17.5 Å². The summed E-state index contributed by atoms with van der Waals surface area (Å²) in [5, 5.41) is 6.66. The Balaban J connectivity index is 0.00000676. The number of hydrogen-bond donors (Lipinski definition) is 2. The van der Waals surface area contributed by atoms with Crippen LogP contribution in [0.1, 0.15) is 38.7 Å². The van der Waals surface area contributed by atoms with E-state index in [0.29, 0.717) is 0 Å². The van der Waals surface area contributed by atoms with E-state index in [1.807, 2.05) is 19.1 Å². The summed E-state index contributed by atoms with van der Waals surface area (Å²) in [7, 11) is 3.31. The third-order valence-electron chi connectivity index (χ3n) is 3.90. The highest BCUT2D eigenvalue weighted by Crippen LogP contribution is 2.27. The lowest BCUT2D eigenvalue weighted by atomic mass is 10.1. The van der Waals surface area contributed by atoms with Gasteiger partial charge in [0.1, 0.15) is 0 Å². The lowest BCUT2D eigenvalue weighted by Gasteiger charge is -2.11. The molecule has 0 aliphatic heterocycles. The number of hydrogen-bond acceptors (Lipinski definition) is 4. The van der Waals surface area contributed by atoms with Crippen LogP contribution in [0.4, 0.5) is 0 Å². The zero-order valence-electron chi connectivity index (χ0n) is 17.2. The van der Waals surface area contributed by atoms with Gasteiger partial charge in [-0.25, -0.2) is 0 Å². The lowest BCUT2D eigenvalue weighted by molar-refractivity contribution is 0.143. The van der Waals surface area contributed by atoms with Crippen molar-refractivity contribution in [3.8, 4) is 11.5 Å². The van der Waals surface area contributed by atoms with Gasteiger partial charge in [0.05, 0.1) is 14.2 Å². The number of ether oxygens (including phenoxy) is 3. The van der Waals surface area contributed by atoms with E-state index in [-0.39, 0.29) is 24.0 Å². The molecule has 0 aromatic heterocycles. The Morgan fingerprint density at radius 1 is 1.00 bits per heavy atom. The van der Waals surface area contributed by atoms with Crippen molar-refractivity contribution < 1.29 is 14.2 Å². The Morgan fingerprint density at radius 3 is 2.44 bits per heavy atom. The molecule has 7 heteroatoms. The van der Waals surface area contributed by atoms with Crippen molar-refractivity contribution in [3.63, 3.8) is 0 Å². The Bertz CT molecular complexity index is 527. The predicted octanol–water partition coefficient (Wildman–Crippen LogP) is 3.63. The quantitative estimate of drug-likeness (QED) is 0.190. The number of unbranched alkanes of at least 4 members (excludes halogenated alkanes) is 1. The van der Waals surface area contributed by atoms with Crippen molar-refractivity contribution in [3.05, 3.63) is 23.8 Å². The van der Waals surface area contributed by atoms with Gasteiger partial charge in [-0.2, -0.15) is 0 Å². The second-order valence-electron chi connectivity index (χ2n) is 5.88. The van der Waals surface area contributed by atoms with Crippen LogP contribution in [0.3, 0.4) is 0 Å². The van der Waals surface area contributed by atoms with E-state index in [1.165, 1.54) is 5.56 Å². The van der Waals surface area contributed by atoms with Crippen LogP contribution in [-0.4, -0.2) is 53.0 Å². The summed E-state index contributed by atoms with van der Waals surface area (Å²) in [5.74, 6) is 2.42. The highest BCUT2D eigenvalue weighted by Gasteiger charge is 2.04. The molecule has 0 atom stereocenters. The molecule has 1 rings (SSSR count). The fourth-order valence-electron chi connectivity index (χ4n) is 2.53. The molecule has 156 valence electrons. The van der Waals surface area contributed by atoms with Crippen LogP contribution >= 0.6 is 24.0 Å². The van der Waals surface area contributed by atoms with Gasteiger partial charge in [-0.15, -0.1) is 24.0 Å². The summed E-state index contributed by atoms with van der Waals surface area (Å²) in [6.45, 7) is 8.28. The summed E-state index contributed by atoms with van der Waals surface area (Å²) in [6, 6.07) is 6.06. The minimum atomic E-state index is 0. The van der Waals surface area contributed by atoms with E-state index in [1.54, 1.807) is 14.2 Å². The molecule has 1 aromatic carbocycles. The molecule has 0 unspecified atom stereocenters. The monoisotopic (exact) mass is 493 g/mol. The molecule has 0 saturated carbocycles. The SMILES string of the molecule is CCNC(=NCCCc1ccc(OC)c(OC)c1)NCCCCOCC.I. The van der Waals surface area contributed by atoms with E-state index < -0.39 is 0 Å². The number of rotatable bonds is 13. The average molecular weight is 493 g/mol. The molecule has 1 aromatic rings. The Kier molecular flexibility index (Phi) is 16.2. The molecule has 0 aliphatic carbocycles. The topological polar surface area (TPSA) is 64.1 Å². The maximum Gasteiger partial charge on any atom is 0.191 e. The summed E-state index contributed by atoms with van der Waals surface area (Å²) >= 11 is 0. The number of methoxy groups -OCH3 is 2. The maximum atomic E-state index is 5.35. The third kappa shape index (κ3) is 11.3. The molecular weight excluding hydrogens is 457 g/mol. The van der Waals surface area contributed by atoms with Gasteiger partial charge in [0.2, 0.25) is 0 Å². The number of halogens is 1. The smallest absolute Gasteiger partial charge is 0.191 e. The molecule has 0 heterocycles. The van der Waals surface area contributed by atoms with Crippen LogP contribution in [-0.2, 0) is 11.2 Å². The van der Waals surface area contributed by atoms with Crippen molar-refractivity contribution >= 4 is 29.9 Å². The zero-order valence-corrected chi connectivity index (χ0v) is 19.5. The number of aliphatic imine (C=N–C) groups is 1. The molecule has 2 N–H and O–H groups in total.